The van der Waals surface area contributed by atoms with Crippen LogP contribution in [0.5, 0.6) is 0 Å². The average molecular weight is 982 g/mol. The molecule has 2 heteroatoms. The zero-order valence-corrected chi connectivity index (χ0v) is 42.9. The monoisotopic (exact) mass is 981 g/mol. The van der Waals surface area contributed by atoms with E-state index in [1.807, 2.05) is 0 Å². The lowest BCUT2D eigenvalue weighted by atomic mass is 9.50. The summed E-state index contributed by atoms with van der Waals surface area (Å²) in [6.45, 7) is 0. The van der Waals surface area contributed by atoms with Gasteiger partial charge in [0.05, 0.1) is 27.6 Å². The molecular formula is C74H51NSi. The van der Waals surface area contributed by atoms with Gasteiger partial charge in [0.15, 0.2) is 8.07 Å². The summed E-state index contributed by atoms with van der Waals surface area (Å²) in [5.74, 6) is 0. The minimum Gasteiger partial charge on any atom is -0.309 e. The second kappa shape index (κ2) is 17.4. The first kappa shape index (κ1) is 44.2. The first-order valence-electron chi connectivity index (χ1n) is 26.6. The van der Waals surface area contributed by atoms with Crippen molar-refractivity contribution >= 4 is 50.6 Å². The number of aromatic nitrogens is 1. The van der Waals surface area contributed by atoms with Crippen molar-refractivity contribution in [2.45, 2.75) is 10.8 Å². The van der Waals surface area contributed by atoms with E-state index in [2.05, 4.69) is 314 Å². The van der Waals surface area contributed by atoms with Crippen LogP contribution in [0.3, 0.4) is 0 Å². The molecule has 1 aliphatic heterocycles. The second-order valence-corrected chi connectivity index (χ2v) is 24.4. The zero-order valence-electron chi connectivity index (χ0n) is 41.9. The maximum atomic E-state index is 2.64. The molecule has 2 aliphatic rings. The van der Waals surface area contributed by atoms with Gasteiger partial charge in [-0.15, -0.1) is 0 Å². The Kier molecular flexibility index (Phi) is 10.1. The van der Waals surface area contributed by atoms with Crippen LogP contribution in [0.4, 0.5) is 0 Å². The SMILES string of the molecule is c1ccc(-c2cccc([Si](c3ccccc3)(c3cccc(-c4ccccc4)c3)c3ccc4c(c3)-n3c5ccccc5c5cccc(c53)C43c4ccccc4C(c4ccccc4)(c4ccccc4)c4ccccc43)c2)cc1. The first-order chi connectivity index (χ1) is 37.7. The molecule has 1 spiro atoms. The van der Waals surface area contributed by atoms with E-state index in [9.17, 15) is 0 Å². The number of hydrogen-bond donors (Lipinski definition) is 0. The molecule has 0 saturated carbocycles. The Hall–Kier alpha value is -9.34. The Balaban J connectivity index is 1.11. The van der Waals surface area contributed by atoms with Crippen molar-refractivity contribution in [1.29, 1.82) is 0 Å². The van der Waals surface area contributed by atoms with Gasteiger partial charge in [-0.05, 0) is 99.6 Å². The van der Waals surface area contributed by atoms with E-state index in [4.69, 9.17) is 0 Å². The molecule has 15 rings (SSSR count). The standard InChI is InChI=1S/C74H51NSi/c1-6-25-52(26-7-1)54-29-22-37-59(49-54)76(58-35-14-5-15-36-58,60-38-23-30-55(50-60)53-27-8-2-9-28-53)61-47-48-68-71(51-61)75-70-46-21-16-39-62(70)63-40-24-45-69(72(63)75)74(68)66-43-19-17-41-64(66)73(56-31-10-3-11-32-56,57-33-12-4-13-34-57)65-42-18-20-44-67(65)74/h1-51H. The summed E-state index contributed by atoms with van der Waals surface area (Å²) in [7, 11) is -3.24. The Bertz CT molecular complexity index is 4160. The van der Waals surface area contributed by atoms with Crippen LogP contribution >= 0.6 is 0 Å². The topological polar surface area (TPSA) is 4.93 Å². The summed E-state index contributed by atoms with van der Waals surface area (Å²) in [6, 6.07) is 117. The summed E-state index contributed by atoms with van der Waals surface area (Å²) in [5.41, 5.74) is 17.5. The van der Waals surface area contributed by atoms with Gasteiger partial charge in [0.1, 0.15) is 0 Å². The van der Waals surface area contributed by atoms with Gasteiger partial charge in [-0.25, -0.2) is 0 Å². The summed E-state index contributed by atoms with van der Waals surface area (Å²) in [5, 5.41) is 7.85. The third kappa shape index (κ3) is 6.13. The normalized spacial score (nSPS) is 13.7. The Morgan fingerprint density at radius 2 is 0.645 bits per heavy atom. The van der Waals surface area contributed by atoms with Crippen LogP contribution in [0.25, 0.3) is 49.7 Å². The van der Waals surface area contributed by atoms with Crippen LogP contribution in [0.15, 0.2) is 309 Å². The quantitative estimate of drug-likeness (QED) is 0.106. The summed E-state index contributed by atoms with van der Waals surface area (Å²) in [4.78, 5) is 0. The van der Waals surface area contributed by atoms with Crippen LogP contribution in [0, 0.1) is 0 Å². The van der Waals surface area contributed by atoms with Crippen molar-refractivity contribution in [3.8, 4) is 27.9 Å². The molecule has 0 amide bonds. The fraction of sp³-hybridized carbons (Fsp3) is 0.0270. The lowest BCUT2D eigenvalue weighted by molar-refractivity contribution is 0.610. The van der Waals surface area contributed by atoms with E-state index >= 15 is 0 Å². The molecule has 0 unspecified atom stereocenters. The maximum absolute atomic E-state index is 3.24. The number of para-hydroxylation sites is 2. The van der Waals surface area contributed by atoms with Crippen molar-refractivity contribution in [3.05, 3.63) is 354 Å². The highest BCUT2D eigenvalue weighted by molar-refractivity contribution is 7.20. The van der Waals surface area contributed by atoms with Crippen LogP contribution in [0.1, 0.15) is 44.5 Å². The molecule has 1 aliphatic carbocycles. The van der Waals surface area contributed by atoms with Crippen molar-refractivity contribution in [2.24, 2.45) is 0 Å². The van der Waals surface area contributed by atoms with Crippen molar-refractivity contribution < 1.29 is 0 Å². The van der Waals surface area contributed by atoms with Crippen LogP contribution < -0.4 is 20.7 Å². The number of rotatable bonds is 8. The number of benzene rings is 12. The van der Waals surface area contributed by atoms with Crippen LogP contribution in [0.2, 0.25) is 0 Å². The van der Waals surface area contributed by atoms with Gasteiger partial charge in [-0.1, -0.05) is 297 Å². The predicted octanol–water partition coefficient (Wildman–Crippen LogP) is 14.9. The fourth-order valence-electron chi connectivity index (χ4n) is 14.1. The first-order valence-corrected chi connectivity index (χ1v) is 28.6. The molecule has 0 atom stereocenters. The third-order valence-corrected chi connectivity index (χ3v) is 21.8. The van der Waals surface area contributed by atoms with E-state index in [0.717, 1.165) is 0 Å². The number of nitrogens with zero attached hydrogens (tertiary/aromatic N) is 1. The van der Waals surface area contributed by atoms with Crippen LogP contribution in [-0.2, 0) is 10.8 Å². The number of fused-ring (bicyclic) bond motifs is 11. The zero-order chi connectivity index (χ0) is 50.3. The van der Waals surface area contributed by atoms with Gasteiger partial charge in [0.2, 0.25) is 0 Å². The van der Waals surface area contributed by atoms with Gasteiger partial charge in [-0.2, -0.15) is 0 Å². The van der Waals surface area contributed by atoms with Crippen molar-refractivity contribution in [1.82, 2.24) is 4.57 Å². The minimum absolute atomic E-state index is 0.609. The average Bonchev–Trinajstić information content (AvgIpc) is 3.98. The molecule has 2 heterocycles. The molecule has 0 saturated heterocycles. The van der Waals surface area contributed by atoms with Gasteiger partial charge < -0.3 is 4.57 Å². The molecule has 0 fully saturated rings. The lowest BCUT2D eigenvalue weighted by Gasteiger charge is -2.52. The summed E-state index contributed by atoms with van der Waals surface area (Å²) < 4.78 is 2.64. The largest absolute Gasteiger partial charge is 0.309 e. The maximum Gasteiger partial charge on any atom is 0.179 e. The highest BCUT2D eigenvalue weighted by Crippen LogP contribution is 2.63. The smallest absolute Gasteiger partial charge is 0.179 e. The summed E-state index contributed by atoms with van der Waals surface area (Å²) in [6.07, 6.45) is 0. The molecule has 0 radical (unpaired) electrons. The summed E-state index contributed by atoms with van der Waals surface area (Å²) >= 11 is 0. The molecule has 0 bridgehead atoms. The van der Waals surface area contributed by atoms with Gasteiger partial charge >= 0.3 is 0 Å². The van der Waals surface area contributed by atoms with Gasteiger partial charge in [0.25, 0.3) is 0 Å². The van der Waals surface area contributed by atoms with E-state index < -0.39 is 18.9 Å². The van der Waals surface area contributed by atoms with Crippen molar-refractivity contribution in [2.75, 3.05) is 0 Å². The van der Waals surface area contributed by atoms with Crippen LogP contribution in [-0.4, -0.2) is 12.6 Å². The number of hydrogen-bond acceptors (Lipinski definition) is 0. The van der Waals surface area contributed by atoms with E-state index in [1.165, 1.54) is 115 Å². The Morgan fingerprint density at radius 3 is 1.20 bits per heavy atom. The minimum atomic E-state index is -3.24. The second-order valence-electron chi connectivity index (χ2n) is 20.6. The highest BCUT2D eigenvalue weighted by Gasteiger charge is 2.56. The Labute approximate surface area is 445 Å². The molecule has 76 heavy (non-hydrogen) atoms. The predicted molar refractivity (Wildman–Crippen MR) is 319 cm³/mol. The van der Waals surface area contributed by atoms with E-state index in [1.54, 1.807) is 0 Å². The van der Waals surface area contributed by atoms with Crippen molar-refractivity contribution in [3.63, 3.8) is 0 Å². The molecular weight excluding hydrogens is 931 g/mol. The molecule has 1 nitrogen and oxygen atoms in total. The lowest BCUT2D eigenvalue weighted by Crippen LogP contribution is -2.74. The van der Waals surface area contributed by atoms with E-state index in [-0.39, 0.29) is 0 Å². The van der Waals surface area contributed by atoms with Gasteiger partial charge in [0, 0.05) is 10.8 Å². The third-order valence-electron chi connectivity index (χ3n) is 17.1. The molecule has 0 N–H and O–H groups in total. The van der Waals surface area contributed by atoms with Gasteiger partial charge in [-0.3, -0.25) is 0 Å². The molecule has 12 aromatic carbocycles. The highest BCUT2D eigenvalue weighted by atomic mass is 28.3. The Morgan fingerprint density at radius 1 is 0.250 bits per heavy atom. The molecule has 356 valence electrons. The fourth-order valence-corrected chi connectivity index (χ4v) is 18.9. The molecule has 13 aromatic rings. The van der Waals surface area contributed by atoms with E-state index in [0.29, 0.717) is 0 Å². The molecule has 1 aromatic heterocycles.